The minimum absolute atomic E-state index is 0. The van der Waals surface area contributed by atoms with Gasteiger partial charge in [0.15, 0.2) is 0 Å². The van der Waals surface area contributed by atoms with Gasteiger partial charge in [0.05, 0.1) is 0 Å². The molecule has 0 amide bonds. The van der Waals surface area contributed by atoms with Crippen molar-refractivity contribution in [2.45, 2.75) is 6.42 Å². The second-order valence-electron chi connectivity index (χ2n) is 4.24. The predicted molar refractivity (Wildman–Crippen MR) is 73.6 cm³/mol. The summed E-state index contributed by atoms with van der Waals surface area (Å²) in [6, 6.07) is 19.2. The third kappa shape index (κ3) is 2.62. The summed E-state index contributed by atoms with van der Waals surface area (Å²) in [5.74, 6) is 0. The monoisotopic (exact) mass is 398 g/mol. The van der Waals surface area contributed by atoms with Gasteiger partial charge in [0.2, 0.25) is 0 Å². The molecule has 0 nitrogen and oxygen atoms in total. The zero-order valence-electron chi connectivity index (χ0n) is 10.1. The standard InChI is InChI=1S/C17H14.Hf/c1-2-8-14(9-3-1)16-12-6-7-13-17(16)15-10-4-5-11-15;/h1-10,12-13H,11H2;. The van der Waals surface area contributed by atoms with E-state index in [-0.39, 0.29) is 25.8 Å². The number of rotatable bonds is 2. The van der Waals surface area contributed by atoms with Gasteiger partial charge in [-0.25, -0.2) is 0 Å². The van der Waals surface area contributed by atoms with E-state index in [2.05, 4.69) is 72.8 Å². The largest absolute Gasteiger partial charge is 0.0801 e. The summed E-state index contributed by atoms with van der Waals surface area (Å²) in [6.07, 6.45) is 7.60. The van der Waals surface area contributed by atoms with Crippen LogP contribution < -0.4 is 0 Å². The quantitative estimate of drug-likeness (QED) is 0.646. The van der Waals surface area contributed by atoms with Gasteiger partial charge in [-0.05, 0) is 28.7 Å². The van der Waals surface area contributed by atoms with Crippen LogP contribution in [0.4, 0.5) is 0 Å². The van der Waals surface area contributed by atoms with E-state index in [1.807, 2.05) is 0 Å². The van der Waals surface area contributed by atoms with E-state index in [4.69, 9.17) is 0 Å². The normalized spacial score (nSPS) is 13.0. The summed E-state index contributed by atoms with van der Waals surface area (Å²) < 4.78 is 0. The fourth-order valence-corrected chi connectivity index (χ4v) is 2.28. The Morgan fingerprint density at radius 3 is 2.06 bits per heavy atom. The molecule has 0 unspecified atom stereocenters. The van der Waals surface area contributed by atoms with Crippen LogP contribution in [0.15, 0.2) is 72.8 Å². The molecule has 0 aromatic heterocycles. The minimum atomic E-state index is 0. The van der Waals surface area contributed by atoms with Crippen LogP contribution in [-0.4, -0.2) is 0 Å². The van der Waals surface area contributed by atoms with Crippen LogP contribution in [0.25, 0.3) is 16.7 Å². The van der Waals surface area contributed by atoms with Gasteiger partial charge < -0.3 is 0 Å². The third-order valence-electron chi connectivity index (χ3n) is 3.13. The van der Waals surface area contributed by atoms with E-state index in [0.717, 1.165) is 6.42 Å². The van der Waals surface area contributed by atoms with E-state index in [1.165, 1.54) is 22.3 Å². The van der Waals surface area contributed by atoms with Gasteiger partial charge in [0.1, 0.15) is 0 Å². The molecule has 0 fully saturated rings. The zero-order chi connectivity index (χ0) is 11.5. The molecule has 1 heteroatoms. The molecule has 3 rings (SSSR count). The fraction of sp³-hybridized carbons (Fsp3) is 0.0588. The van der Waals surface area contributed by atoms with Gasteiger partial charge in [-0.3, -0.25) is 0 Å². The molecule has 0 N–H and O–H groups in total. The van der Waals surface area contributed by atoms with Crippen molar-refractivity contribution in [3.8, 4) is 11.1 Å². The van der Waals surface area contributed by atoms with E-state index in [1.54, 1.807) is 0 Å². The molecular formula is C17H14Hf. The van der Waals surface area contributed by atoms with Gasteiger partial charge in [0, 0.05) is 25.8 Å². The molecule has 86 valence electrons. The van der Waals surface area contributed by atoms with Gasteiger partial charge in [-0.15, -0.1) is 0 Å². The molecule has 0 saturated carbocycles. The van der Waals surface area contributed by atoms with Crippen molar-refractivity contribution in [3.05, 3.63) is 78.4 Å². The molecule has 0 aliphatic heterocycles. The summed E-state index contributed by atoms with van der Waals surface area (Å²) in [5, 5.41) is 0. The smallest absolute Gasteiger partial charge is 0 e. The Morgan fingerprint density at radius 2 is 1.39 bits per heavy atom. The molecule has 0 spiro atoms. The van der Waals surface area contributed by atoms with Crippen molar-refractivity contribution < 1.29 is 25.8 Å². The van der Waals surface area contributed by atoms with Crippen LogP contribution >= 0.6 is 0 Å². The first kappa shape index (κ1) is 13.2. The first-order valence-electron chi connectivity index (χ1n) is 5.96. The first-order chi connectivity index (χ1) is 8.45. The maximum absolute atomic E-state index is 2.21. The molecule has 1 aliphatic carbocycles. The first-order valence-corrected chi connectivity index (χ1v) is 5.96. The molecule has 0 saturated heterocycles. The topological polar surface area (TPSA) is 0 Å². The van der Waals surface area contributed by atoms with Crippen molar-refractivity contribution >= 4 is 5.57 Å². The van der Waals surface area contributed by atoms with Crippen molar-refractivity contribution in [2.75, 3.05) is 0 Å². The fourth-order valence-electron chi connectivity index (χ4n) is 2.28. The molecule has 0 heterocycles. The molecule has 2 aromatic rings. The van der Waals surface area contributed by atoms with E-state index in [9.17, 15) is 0 Å². The SMILES string of the molecule is C1=CCC(c2ccccc2-c2ccccc2)=C1.[Hf]. The van der Waals surface area contributed by atoms with E-state index in [0.29, 0.717) is 0 Å². The minimum Gasteiger partial charge on any atom is -0.0801 e. The Bertz CT molecular complexity index is 580. The summed E-state index contributed by atoms with van der Waals surface area (Å²) in [6.45, 7) is 0. The van der Waals surface area contributed by atoms with Crippen LogP contribution in [0.1, 0.15) is 12.0 Å². The molecule has 0 radical (unpaired) electrons. The molecule has 2 aromatic carbocycles. The molecule has 0 atom stereocenters. The second-order valence-corrected chi connectivity index (χ2v) is 4.24. The summed E-state index contributed by atoms with van der Waals surface area (Å²) in [5.41, 5.74) is 5.37. The van der Waals surface area contributed by atoms with Crippen molar-refractivity contribution in [1.82, 2.24) is 0 Å². The van der Waals surface area contributed by atoms with Crippen LogP contribution in [-0.2, 0) is 25.8 Å². The van der Waals surface area contributed by atoms with Gasteiger partial charge in [0.25, 0.3) is 0 Å². The van der Waals surface area contributed by atoms with Crippen LogP contribution in [0, 0.1) is 0 Å². The predicted octanol–water partition coefficient (Wildman–Crippen LogP) is 4.69. The summed E-state index contributed by atoms with van der Waals surface area (Å²) >= 11 is 0. The third-order valence-corrected chi connectivity index (χ3v) is 3.13. The molecule has 18 heavy (non-hydrogen) atoms. The Kier molecular flexibility index (Phi) is 4.48. The average molecular weight is 397 g/mol. The molecule has 1 aliphatic rings. The Balaban J connectivity index is 0.00000120. The summed E-state index contributed by atoms with van der Waals surface area (Å²) in [7, 11) is 0. The van der Waals surface area contributed by atoms with Crippen molar-refractivity contribution in [2.24, 2.45) is 0 Å². The van der Waals surface area contributed by atoms with E-state index >= 15 is 0 Å². The number of hydrogen-bond acceptors (Lipinski definition) is 0. The Morgan fingerprint density at radius 1 is 0.722 bits per heavy atom. The Hall–Kier alpha value is -1.21. The van der Waals surface area contributed by atoms with Crippen LogP contribution in [0.2, 0.25) is 0 Å². The van der Waals surface area contributed by atoms with Crippen LogP contribution in [0.3, 0.4) is 0 Å². The number of benzene rings is 2. The molecular weight excluding hydrogens is 383 g/mol. The maximum atomic E-state index is 2.21. The average Bonchev–Trinajstić information content (AvgIpc) is 2.94. The number of hydrogen-bond donors (Lipinski definition) is 0. The van der Waals surface area contributed by atoms with Gasteiger partial charge in [-0.2, -0.15) is 0 Å². The maximum Gasteiger partial charge on any atom is 0 e. The number of allylic oxidation sites excluding steroid dienone is 4. The van der Waals surface area contributed by atoms with E-state index < -0.39 is 0 Å². The van der Waals surface area contributed by atoms with Gasteiger partial charge >= 0.3 is 0 Å². The van der Waals surface area contributed by atoms with Crippen LogP contribution in [0.5, 0.6) is 0 Å². The van der Waals surface area contributed by atoms with Gasteiger partial charge in [-0.1, -0.05) is 72.8 Å². The Labute approximate surface area is 127 Å². The molecule has 0 bridgehead atoms. The van der Waals surface area contributed by atoms with Crippen molar-refractivity contribution in [1.29, 1.82) is 0 Å². The second kappa shape index (κ2) is 6.10. The van der Waals surface area contributed by atoms with Crippen molar-refractivity contribution in [3.63, 3.8) is 0 Å². The summed E-state index contributed by atoms with van der Waals surface area (Å²) in [4.78, 5) is 0. The zero-order valence-corrected chi connectivity index (χ0v) is 13.7.